The van der Waals surface area contributed by atoms with Crippen molar-refractivity contribution in [1.29, 1.82) is 0 Å². The van der Waals surface area contributed by atoms with E-state index in [4.69, 9.17) is 4.52 Å². The Kier molecular flexibility index (Phi) is 7.18. The standard InChI is InChI=1S/C26H28FN3O4S/c1-17-14-18(2)16-22(15-17)28-26(31)21-10-12-30(13-11-21)35(32,33)25-19(3)29-34-24(25)9-8-20-6-4-5-7-23(20)27/h4-9,14-16,21H,10-13H2,1-3H3,(H,28,31)/b9-8+. The number of benzene rings is 2. The van der Waals surface area contributed by atoms with Crippen molar-refractivity contribution in [3.05, 3.63) is 76.4 Å². The minimum Gasteiger partial charge on any atom is -0.355 e. The molecule has 9 heteroatoms. The Morgan fingerprint density at radius 3 is 2.40 bits per heavy atom. The molecular formula is C26H28FN3O4S. The van der Waals surface area contributed by atoms with Crippen LogP contribution in [0.4, 0.5) is 10.1 Å². The van der Waals surface area contributed by atoms with Gasteiger partial charge in [-0.05, 0) is 75.1 Å². The Labute approximate surface area is 204 Å². The molecule has 0 spiro atoms. The molecule has 0 atom stereocenters. The maximum atomic E-state index is 13.9. The molecule has 1 fully saturated rings. The summed E-state index contributed by atoms with van der Waals surface area (Å²) < 4.78 is 47.4. The van der Waals surface area contributed by atoms with Gasteiger partial charge in [0.1, 0.15) is 11.5 Å². The van der Waals surface area contributed by atoms with Crippen LogP contribution in [0.2, 0.25) is 0 Å². The number of rotatable bonds is 6. The predicted molar refractivity (Wildman–Crippen MR) is 133 cm³/mol. The van der Waals surface area contributed by atoms with E-state index in [1.807, 2.05) is 32.0 Å². The molecule has 1 N–H and O–H groups in total. The van der Waals surface area contributed by atoms with E-state index < -0.39 is 15.8 Å². The average Bonchev–Trinajstić information content (AvgIpc) is 3.19. The normalized spacial score (nSPS) is 15.5. The Balaban J connectivity index is 1.46. The first-order chi connectivity index (χ1) is 16.6. The van der Waals surface area contributed by atoms with Gasteiger partial charge < -0.3 is 9.84 Å². The summed E-state index contributed by atoms with van der Waals surface area (Å²) in [4.78, 5) is 12.7. The summed E-state index contributed by atoms with van der Waals surface area (Å²) in [6, 6.07) is 12.0. The minimum absolute atomic E-state index is 0.0387. The van der Waals surface area contributed by atoms with Crippen molar-refractivity contribution in [3.8, 4) is 0 Å². The third-order valence-corrected chi connectivity index (χ3v) is 8.12. The Hall–Kier alpha value is -3.30. The molecule has 1 aliphatic rings. The van der Waals surface area contributed by atoms with Gasteiger partial charge in [0.15, 0.2) is 10.7 Å². The lowest BCUT2D eigenvalue weighted by Gasteiger charge is -2.30. The van der Waals surface area contributed by atoms with Gasteiger partial charge in [0.25, 0.3) is 0 Å². The van der Waals surface area contributed by atoms with Gasteiger partial charge in [-0.15, -0.1) is 0 Å². The van der Waals surface area contributed by atoms with E-state index in [0.717, 1.165) is 16.8 Å². The number of nitrogens with one attached hydrogen (secondary N) is 1. The van der Waals surface area contributed by atoms with Gasteiger partial charge in [0.05, 0.1) is 0 Å². The van der Waals surface area contributed by atoms with Crippen LogP contribution in [-0.4, -0.2) is 36.9 Å². The number of hydrogen-bond acceptors (Lipinski definition) is 5. The maximum Gasteiger partial charge on any atom is 0.248 e. The van der Waals surface area contributed by atoms with Crippen LogP contribution in [-0.2, 0) is 14.8 Å². The van der Waals surface area contributed by atoms with Gasteiger partial charge in [0, 0.05) is 30.3 Å². The summed E-state index contributed by atoms with van der Waals surface area (Å²) in [6.07, 6.45) is 3.67. The lowest BCUT2D eigenvalue weighted by Crippen LogP contribution is -2.41. The van der Waals surface area contributed by atoms with Gasteiger partial charge in [-0.25, -0.2) is 12.8 Å². The molecule has 4 rings (SSSR count). The van der Waals surface area contributed by atoms with Crippen molar-refractivity contribution in [2.75, 3.05) is 18.4 Å². The number of aromatic nitrogens is 1. The number of amides is 1. The van der Waals surface area contributed by atoms with Gasteiger partial charge in [0.2, 0.25) is 15.9 Å². The highest BCUT2D eigenvalue weighted by atomic mass is 32.2. The van der Waals surface area contributed by atoms with Gasteiger partial charge >= 0.3 is 0 Å². The molecule has 1 aromatic heterocycles. The lowest BCUT2D eigenvalue weighted by molar-refractivity contribution is -0.120. The summed E-state index contributed by atoms with van der Waals surface area (Å²) in [7, 11) is -3.91. The van der Waals surface area contributed by atoms with Crippen molar-refractivity contribution in [1.82, 2.24) is 9.46 Å². The zero-order valence-electron chi connectivity index (χ0n) is 19.9. The topological polar surface area (TPSA) is 92.5 Å². The first-order valence-corrected chi connectivity index (χ1v) is 12.9. The smallest absolute Gasteiger partial charge is 0.248 e. The molecular weight excluding hydrogens is 469 g/mol. The number of anilines is 1. The number of nitrogens with zero attached hydrogens (tertiary/aromatic N) is 2. The molecule has 0 unspecified atom stereocenters. The molecule has 0 saturated carbocycles. The second-order valence-corrected chi connectivity index (χ2v) is 10.7. The monoisotopic (exact) mass is 497 g/mol. The van der Waals surface area contributed by atoms with Crippen LogP contribution in [0.15, 0.2) is 51.9 Å². The van der Waals surface area contributed by atoms with Crippen LogP contribution in [0.25, 0.3) is 12.2 Å². The molecule has 7 nitrogen and oxygen atoms in total. The summed E-state index contributed by atoms with van der Waals surface area (Å²) in [5.74, 6) is -0.779. The number of hydrogen-bond donors (Lipinski definition) is 1. The largest absolute Gasteiger partial charge is 0.355 e. The second kappa shape index (κ2) is 10.1. The van der Waals surface area contributed by atoms with Crippen molar-refractivity contribution in [2.45, 2.75) is 38.5 Å². The van der Waals surface area contributed by atoms with E-state index in [0.29, 0.717) is 18.4 Å². The first-order valence-electron chi connectivity index (χ1n) is 11.4. The third kappa shape index (κ3) is 5.52. The molecule has 184 valence electrons. The summed E-state index contributed by atoms with van der Waals surface area (Å²) in [6.45, 7) is 5.90. The van der Waals surface area contributed by atoms with Crippen LogP contribution < -0.4 is 5.32 Å². The van der Waals surface area contributed by atoms with Gasteiger partial charge in [-0.2, -0.15) is 4.31 Å². The highest BCUT2D eigenvalue weighted by Crippen LogP contribution is 2.30. The number of piperidine rings is 1. The van der Waals surface area contributed by atoms with Crippen LogP contribution in [0.1, 0.15) is 41.0 Å². The molecule has 2 aromatic carbocycles. The number of carbonyl (C=O) groups is 1. The number of sulfonamides is 1. The highest BCUT2D eigenvalue weighted by molar-refractivity contribution is 7.89. The van der Waals surface area contributed by atoms with Gasteiger partial charge in [-0.1, -0.05) is 29.4 Å². The SMILES string of the molecule is Cc1cc(C)cc(NC(=O)C2CCN(S(=O)(=O)c3c(C)noc3/C=C/c3ccccc3F)CC2)c1. The minimum atomic E-state index is -3.91. The third-order valence-electron chi connectivity index (χ3n) is 6.06. The van der Waals surface area contributed by atoms with Crippen LogP contribution in [0, 0.1) is 32.5 Å². The zero-order chi connectivity index (χ0) is 25.2. The quantitative estimate of drug-likeness (QED) is 0.520. The Bertz CT molecular complexity index is 1350. The maximum absolute atomic E-state index is 13.9. The first kappa shape index (κ1) is 24.8. The number of halogens is 1. The summed E-state index contributed by atoms with van der Waals surface area (Å²) in [5, 5.41) is 6.78. The summed E-state index contributed by atoms with van der Waals surface area (Å²) >= 11 is 0. The molecule has 0 bridgehead atoms. The van der Waals surface area contributed by atoms with Crippen molar-refractivity contribution in [2.24, 2.45) is 5.92 Å². The fourth-order valence-corrected chi connectivity index (χ4v) is 6.07. The van der Waals surface area contributed by atoms with Crippen LogP contribution in [0.3, 0.4) is 0 Å². The van der Waals surface area contributed by atoms with E-state index in [-0.39, 0.29) is 41.3 Å². The van der Waals surface area contributed by atoms with Crippen molar-refractivity contribution in [3.63, 3.8) is 0 Å². The summed E-state index contributed by atoms with van der Waals surface area (Å²) in [5.41, 5.74) is 3.40. The molecule has 35 heavy (non-hydrogen) atoms. The number of carbonyl (C=O) groups excluding carboxylic acids is 1. The van der Waals surface area contributed by atoms with Crippen molar-refractivity contribution < 1.29 is 22.1 Å². The van der Waals surface area contributed by atoms with Gasteiger partial charge in [-0.3, -0.25) is 4.79 Å². The van der Waals surface area contributed by atoms with E-state index in [2.05, 4.69) is 10.5 Å². The highest BCUT2D eigenvalue weighted by Gasteiger charge is 2.36. The van der Waals surface area contributed by atoms with Crippen LogP contribution >= 0.6 is 0 Å². The van der Waals surface area contributed by atoms with Crippen LogP contribution in [0.5, 0.6) is 0 Å². The average molecular weight is 498 g/mol. The molecule has 3 aromatic rings. The van der Waals surface area contributed by atoms with Crippen molar-refractivity contribution >= 4 is 33.8 Å². The van der Waals surface area contributed by atoms with E-state index in [1.165, 1.54) is 22.5 Å². The molecule has 2 heterocycles. The lowest BCUT2D eigenvalue weighted by atomic mass is 9.97. The van der Waals surface area contributed by atoms with E-state index in [9.17, 15) is 17.6 Å². The molecule has 0 aliphatic carbocycles. The fraction of sp³-hybridized carbons (Fsp3) is 0.308. The molecule has 1 saturated heterocycles. The Morgan fingerprint density at radius 2 is 1.74 bits per heavy atom. The predicted octanol–water partition coefficient (Wildman–Crippen LogP) is 4.95. The fourth-order valence-electron chi connectivity index (χ4n) is 4.35. The molecule has 0 radical (unpaired) electrons. The molecule has 1 aliphatic heterocycles. The molecule has 1 amide bonds. The van der Waals surface area contributed by atoms with E-state index >= 15 is 0 Å². The second-order valence-electron chi connectivity index (χ2n) is 8.86. The Morgan fingerprint density at radius 1 is 1.09 bits per heavy atom. The number of aryl methyl sites for hydroxylation is 3. The zero-order valence-corrected chi connectivity index (χ0v) is 20.7. The van der Waals surface area contributed by atoms with E-state index in [1.54, 1.807) is 25.1 Å².